The van der Waals surface area contributed by atoms with Crippen LogP contribution in [0.5, 0.6) is 0 Å². The largest absolute Gasteiger partial charge is 0.334 e. The molecule has 0 radical (unpaired) electrons. The minimum Gasteiger partial charge on any atom is -0.334 e. The second-order valence-electron chi connectivity index (χ2n) is 9.09. The van der Waals surface area contributed by atoms with E-state index in [0.29, 0.717) is 11.3 Å². The number of rotatable bonds is 4. The molecule has 6 heteroatoms. The topological polar surface area (TPSA) is 60.9 Å². The second-order valence-corrected chi connectivity index (χ2v) is 9.09. The number of carbonyl (C=O) groups is 3. The third-order valence-corrected chi connectivity index (χ3v) is 6.78. The third-order valence-electron chi connectivity index (χ3n) is 6.78. The van der Waals surface area contributed by atoms with E-state index in [1.54, 1.807) is 31.2 Å². The fraction of sp³-hybridized carbons (Fsp3) is 0.625. The lowest BCUT2D eigenvalue weighted by molar-refractivity contribution is -0.122. The maximum atomic E-state index is 13.4. The molecular formula is C24H33N3O3. The van der Waals surface area contributed by atoms with Crippen LogP contribution in [0.4, 0.5) is 5.69 Å². The van der Waals surface area contributed by atoms with Gasteiger partial charge < -0.3 is 9.80 Å². The summed E-state index contributed by atoms with van der Waals surface area (Å²) in [6, 6.07) is 7.28. The molecule has 3 aliphatic rings. The second kappa shape index (κ2) is 9.29. The quantitative estimate of drug-likeness (QED) is 0.712. The van der Waals surface area contributed by atoms with Gasteiger partial charge in [-0.05, 0) is 63.4 Å². The summed E-state index contributed by atoms with van der Waals surface area (Å²) in [7, 11) is 0. The molecule has 3 aliphatic heterocycles. The van der Waals surface area contributed by atoms with Gasteiger partial charge in [0.05, 0.1) is 5.69 Å². The molecule has 4 rings (SSSR count). The lowest BCUT2D eigenvalue weighted by Gasteiger charge is -2.38. The lowest BCUT2D eigenvalue weighted by Crippen LogP contribution is -2.49. The van der Waals surface area contributed by atoms with Crippen molar-refractivity contribution in [3.63, 3.8) is 0 Å². The summed E-state index contributed by atoms with van der Waals surface area (Å²) in [6.45, 7) is 5.76. The Hall–Kier alpha value is -2.21. The van der Waals surface area contributed by atoms with Gasteiger partial charge in [-0.3, -0.25) is 19.3 Å². The van der Waals surface area contributed by atoms with Crippen molar-refractivity contribution in [2.45, 2.75) is 64.3 Å². The van der Waals surface area contributed by atoms with Crippen molar-refractivity contribution < 1.29 is 14.4 Å². The fourth-order valence-electron chi connectivity index (χ4n) is 5.07. The molecule has 1 aromatic rings. The summed E-state index contributed by atoms with van der Waals surface area (Å²) in [5.41, 5.74) is 1.08. The van der Waals surface area contributed by atoms with Gasteiger partial charge in [-0.25, -0.2) is 0 Å². The molecule has 0 bridgehead atoms. The van der Waals surface area contributed by atoms with Crippen molar-refractivity contribution in [2.75, 3.05) is 31.1 Å². The van der Waals surface area contributed by atoms with Crippen molar-refractivity contribution in [3.8, 4) is 0 Å². The summed E-state index contributed by atoms with van der Waals surface area (Å²) in [5, 5.41) is 0. The first-order valence-corrected chi connectivity index (χ1v) is 11.5. The fourth-order valence-corrected chi connectivity index (χ4v) is 5.07. The number of carbonyl (C=O) groups excluding carboxylic acids is 3. The molecule has 0 aliphatic carbocycles. The molecule has 1 aromatic carbocycles. The maximum Gasteiger partial charge on any atom is 0.254 e. The highest BCUT2D eigenvalue weighted by Gasteiger charge is 2.37. The van der Waals surface area contributed by atoms with Crippen LogP contribution in [0, 0.1) is 5.92 Å². The van der Waals surface area contributed by atoms with Gasteiger partial charge >= 0.3 is 0 Å². The minimum atomic E-state index is -0.294. The highest BCUT2D eigenvalue weighted by molar-refractivity contribution is 6.21. The molecule has 3 fully saturated rings. The average molecular weight is 412 g/mol. The number of hydrogen-bond donors (Lipinski definition) is 0. The summed E-state index contributed by atoms with van der Waals surface area (Å²) in [5.74, 6) is -0.642. The zero-order valence-corrected chi connectivity index (χ0v) is 18.0. The Morgan fingerprint density at radius 1 is 1.00 bits per heavy atom. The van der Waals surface area contributed by atoms with Gasteiger partial charge in [-0.15, -0.1) is 0 Å². The van der Waals surface area contributed by atoms with E-state index in [1.165, 1.54) is 30.6 Å². The molecule has 6 nitrogen and oxygen atoms in total. The number of amides is 3. The van der Waals surface area contributed by atoms with Crippen LogP contribution in [-0.2, 0) is 9.59 Å². The number of anilines is 1. The van der Waals surface area contributed by atoms with Gasteiger partial charge in [-0.1, -0.05) is 25.8 Å². The van der Waals surface area contributed by atoms with Crippen LogP contribution in [0.1, 0.15) is 68.6 Å². The Bertz CT molecular complexity index is 801. The Balaban J connectivity index is 1.51. The molecule has 3 saturated heterocycles. The van der Waals surface area contributed by atoms with Crippen LogP contribution in [0.25, 0.3) is 0 Å². The van der Waals surface area contributed by atoms with Gasteiger partial charge in [0, 0.05) is 37.0 Å². The van der Waals surface area contributed by atoms with E-state index in [4.69, 9.17) is 0 Å². The normalized spacial score (nSPS) is 26.2. The van der Waals surface area contributed by atoms with Crippen molar-refractivity contribution in [3.05, 3.63) is 29.8 Å². The van der Waals surface area contributed by atoms with Crippen LogP contribution >= 0.6 is 0 Å². The van der Waals surface area contributed by atoms with Gasteiger partial charge in [0.15, 0.2) is 0 Å². The number of benzene rings is 1. The molecule has 30 heavy (non-hydrogen) atoms. The Labute approximate surface area is 179 Å². The number of nitrogens with zero attached hydrogens (tertiary/aromatic N) is 3. The highest BCUT2D eigenvalue weighted by Crippen LogP contribution is 2.28. The van der Waals surface area contributed by atoms with Crippen LogP contribution < -0.4 is 4.90 Å². The summed E-state index contributed by atoms with van der Waals surface area (Å²) < 4.78 is 0. The van der Waals surface area contributed by atoms with Crippen molar-refractivity contribution in [1.82, 2.24) is 9.80 Å². The predicted molar refractivity (Wildman–Crippen MR) is 116 cm³/mol. The number of piperidine rings is 1. The van der Waals surface area contributed by atoms with Gasteiger partial charge in [0.1, 0.15) is 0 Å². The Morgan fingerprint density at radius 2 is 1.73 bits per heavy atom. The van der Waals surface area contributed by atoms with E-state index < -0.39 is 0 Å². The summed E-state index contributed by atoms with van der Waals surface area (Å²) in [6.07, 6.45) is 8.59. The average Bonchev–Trinajstić information content (AvgIpc) is 2.92. The molecule has 0 saturated carbocycles. The first-order chi connectivity index (χ1) is 14.5. The molecular weight excluding hydrogens is 378 g/mol. The maximum absolute atomic E-state index is 13.4. The van der Waals surface area contributed by atoms with E-state index in [2.05, 4.69) is 4.90 Å². The van der Waals surface area contributed by atoms with E-state index >= 15 is 0 Å². The SMILES string of the molecule is C[C@H]1CC(=O)N(c2cccc(C(=O)N3CCCC[C@@H]3CN3CCCCCC3)c2)C1=O. The predicted octanol–water partition coefficient (Wildman–Crippen LogP) is 3.46. The molecule has 0 N–H and O–H groups in total. The van der Waals surface area contributed by atoms with Crippen LogP contribution in [-0.4, -0.2) is 59.7 Å². The lowest BCUT2D eigenvalue weighted by atomic mass is 9.99. The van der Waals surface area contributed by atoms with Crippen molar-refractivity contribution in [1.29, 1.82) is 0 Å². The molecule has 0 aromatic heterocycles. The standard InChI is InChI=1S/C24H33N3O3/c1-18-15-22(28)27(23(18)29)20-11-8-9-19(16-20)24(30)26-14-7-4-10-21(26)17-25-12-5-2-3-6-13-25/h8-9,11,16,18,21H,2-7,10,12-15,17H2,1H3/t18-,21+/m0/s1. The first kappa shape index (κ1) is 21.0. The Morgan fingerprint density at radius 3 is 2.43 bits per heavy atom. The number of likely N-dealkylation sites (tertiary alicyclic amines) is 2. The van der Waals surface area contributed by atoms with Crippen LogP contribution in [0.3, 0.4) is 0 Å². The van der Waals surface area contributed by atoms with Crippen molar-refractivity contribution >= 4 is 23.4 Å². The van der Waals surface area contributed by atoms with Gasteiger partial charge in [0.2, 0.25) is 11.8 Å². The van der Waals surface area contributed by atoms with Crippen LogP contribution in [0.15, 0.2) is 24.3 Å². The molecule has 0 unspecified atom stereocenters. The van der Waals surface area contributed by atoms with Gasteiger partial charge in [0.25, 0.3) is 5.91 Å². The molecule has 3 amide bonds. The summed E-state index contributed by atoms with van der Waals surface area (Å²) in [4.78, 5) is 43.9. The Kier molecular flexibility index (Phi) is 6.52. The zero-order chi connectivity index (χ0) is 21.1. The van der Waals surface area contributed by atoms with E-state index in [-0.39, 0.29) is 36.1 Å². The van der Waals surface area contributed by atoms with Gasteiger partial charge in [-0.2, -0.15) is 0 Å². The highest BCUT2D eigenvalue weighted by atomic mass is 16.2. The van der Waals surface area contributed by atoms with E-state index in [0.717, 1.165) is 45.4 Å². The van der Waals surface area contributed by atoms with Crippen molar-refractivity contribution in [2.24, 2.45) is 5.92 Å². The molecule has 0 spiro atoms. The zero-order valence-electron chi connectivity index (χ0n) is 18.0. The molecule has 3 heterocycles. The third kappa shape index (κ3) is 4.43. The number of imide groups is 1. The minimum absolute atomic E-state index is 0.0171. The molecule has 2 atom stereocenters. The molecule has 162 valence electrons. The smallest absolute Gasteiger partial charge is 0.254 e. The number of hydrogen-bond acceptors (Lipinski definition) is 4. The monoisotopic (exact) mass is 411 g/mol. The van der Waals surface area contributed by atoms with E-state index in [9.17, 15) is 14.4 Å². The van der Waals surface area contributed by atoms with Crippen LogP contribution in [0.2, 0.25) is 0 Å². The van der Waals surface area contributed by atoms with E-state index in [1.807, 2.05) is 4.90 Å². The summed E-state index contributed by atoms with van der Waals surface area (Å²) >= 11 is 0. The first-order valence-electron chi connectivity index (χ1n) is 11.5.